The molecule has 1 saturated carbocycles. The Bertz CT molecular complexity index is 456. The van der Waals surface area contributed by atoms with Gasteiger partial charge in [-0.3, -0.25) is 4.79 Å². The van der Waals surface area contributed by atoms with Gasteiger partial charge in [-0.2, -0.15) is 0 Å². The summed E-state index contributed by atoms with van der Waals surface area (Å²) in [6.07, 6.45) is 5.10. The Morgan fingerprint density at radius 3 is 2.79 bits per heavy atom. The number of benzene rings is 1. The van der Waals surface area contributed by atoms with Crippen molar-refractivity contribution in [2.75, 3.05) is 5.32 Å². The zero-order valence-corrected chi connectivity index (χ0v) is 11.9. The molecule has 0 radical (unpaired) electrons. The van der Waals surface area contributed by atoms with E-state index in [2.05, 4.69) is 18.3 Å². The van der Waals surface area contributed by atoms with E-state index in [9.17, 15) is 4.79 Å². The van der Waals surface area contributed by atoms with Crippen LogP contribution in [0.4, 0.5) is 5.69 Å². The van der Waals surface area contributed by atoms with Gasteiger partial charge in [-0.25, -0.2) is 0 Å². The van der Waals surface area contributed by atoms with Gasteiger partial charge in [0.15, 0.2) is 0 Å². The first-order valence-corrected chi connectivity index (χ1v) is 7.19. The van der Waals surface area contributed by atoms with Crippen LogP contribution in [0.25, 0.3) is 0 Å². The zero-order chi connectivity index (χ0) is 13.8. The first-order chi connectivity index (χ1) is 9.08. The normalized spacial score (nSPS) is 23.1. The van der Waals surface area contributed by atoms with E-state index in [0.29, 0.717) is 12.3 Å². The molecule has 1 aliphatic rings. The predicted octanol–water partition coefficient (Wildman–Crippen LogP) is 3.15. The maximum Gasteiger partial charge on any atom is 0.224 e. The van der Waals surface area contributed by atoms with E-state index in [1.807, 2.05) is 19.1 Å². The van der Waals surface area contributed by atoms with Crippen LogP contribution in [0.3, 0.4) is 0 Å². The Labute approximate surface area is 115 Å². The number of aryl methyl sites for hydroxylation is 1. The highest BCUT2D eigenvalue weighted by Crippen LogP contribution is 2.26. The van der Waals surface area contributed by atoms with Crippen LogP contribution in [0.1, 0.15) is 43.2 Å². The van der Waals surface area contributed by atoms with Crippen LogP contribution in [0.5, 0.6) is 0 Å². The minimum absolute atomic E-state index is 0.0936. The minimum Gasteiger partial charge on any atom is -0.327 e. The van der Waals surface area contributed by atoms with E-state index in [1.54, 1.807) is 0 Å². The van der Waals surface area contributed by atoms with Crippen LogP contribution in [0, 0.1) is 19.8 Å². The zero-order valence-electron chi connectivity index (χ0n) is 11.9. The van der Waals surface area contributed by atoms with Crippen LogP contribution in [0.2, 0.25) is 0 Å². The molecule has 1 aromatic carbocycles. The number of carbonyl (C=O) groups is 1. The van der Waals surface area contributed by atoms with Gasteiger partial charge < -0.3 is 11.1 Å². The third kappa shape index (κ3) is 3.57. The van der Waals surface area contributed by atoms with Crippen LogP contribution < -0.4 is 11.1 Å². The van der Waals surface area contributed by atoms with Gasteiger partial charge in [0.2, 0.25) is 5.91 Å². The topological polar surface area (TPSA) is 55.1 Å². The second kappa shape index (κ2) is 6.20. The summed E-state index contributed by atoms with van der Waals surface area (Å²) in [6.45, 7) is 4.10. The number of nitrogens with one attached hydrogen (secondary N) is 1. The average molecular weight is 260 g/mol. The minimum atomic E-state index is 0.0936. The number of hydrogen-bond acceptors (Lipinski definition) is 2. The maximum absolute atomic E-state index is 12.1. The summed E-state index contributed by atoms with van der Waals surface area (Å²) in [7, 11) is 0. The fourth-order valence-corrected chi connectivity index (χ4v) is 2.82. The number of amides is 1. The van der Waals surface area contributed by atoms with E-state index >= 15 is 0 Å². The van der Waals surface area contributed by atoms with Gasteiger partial charge in [-0.1, -0.05) is 25.0 Å². The van der Waals surface area contributed by atoms with Gasteiger partial charge >= 0.3 is 0 Å². The summed E-state index contributed by atoms with van der Waals surface area (Å²) in [5.74, 6) is 0.440. The SMILES string of the molecule is Cc1cccc(NC(=O)CC2CCCCC2N)c1C. The largest absolute Gasteiger partial charge is 0.327 e. The van der Waals surface area contributed by atoms with Gasteiger partial charge in [0.1, 0.15) is 0 Å². The van der Waals surface area contributed by atoms with E-state index in [-0.39, 0.29) is 11.9 Å². The number of carbonyl (C=O) groups excluding carboxylic acids is 1. The lowest BCUT2D eigenvalue weighted by atomic mass is 9.83. The number of hydrogen-bond donors (Lipinski definition) is 2. The third-order valence-corrected chi connectivity index (χ3v) is 4.29. The average Bonchev–Trinajstić information content (AvgIpc) is 2.38. The van der Waals surface area contributed by atoms with Crippen molar-refractivity contribution < 1.29 is 4.79 Å². The number of nitrogens with two attached hydrogens (primary N) is 1. The summed E-state index contributed by atoms with van der Waals surface area (Å²) in [5, 5.41) is 3.02. The Balaban J connectivity index is 1.95. The lowest BCUT2D eigenvalue weighted by Crippen LogP contribution is -2.35. The van der Waals surface area contributed by atoms with Gasteiger partial charge in [0.05, 0.1) is 0 Å². The molecule has 3 heteroatoms. The van der Waals surface area contributed by atoms with Crippen LogP contribution in [0.15, 0.2) is 18.2 Å². The highest BCUT2D eigenvalue weighted by atomic mass is 16.1. The summed E-state index contributed by atoms with van der Waals surface area (Å²) < 4.78 is 0. The van der Waals surface area contributed by atoms with E-state index in [1.165, 1.54) is 18.4 Å². The van der Waals surface area contributed by atoms with Crippen molar-refractivity contribution in [2.24, 2.45) is 11.7 Å². The first-order valence-electron chi connectivity index (χ1n) is 7.19. The molecule has 3 N–H and O–H groups in total. The van der Waals surface area contributed by atoms with Crippen molar-refractivity contribution in [1.82, 2.24) is 0 Å². The highest BCUT2D eigenvalue weighted by molar-refractivity contribution is 5.91. The Morgan fingerprint density at radius 2 is 2.05 bits per heavy atom. The molecule has 104 valence electrons. The molecule has 1 amide bonds. The van der Waals surface area contributed by atoms with Crippen LogP contribution in [-0.4, -0.2) is 11.9 Å². The number of rotatable bonds is 3. The molecule has 2 rings (SSSR count). The summed E-state index contributed by atoms with van der Waals surface area (Å²) in [4.78, 5) is 12.1. The maximum atomic E-state index is 12.1. The lowest BCUT2D eigenvalue weighted by Gasteiger charge is -2.28. The fraction of sp³-hybridized carbons (Fsp3) is 0.562. The van der Waals surface area contributed by atoms with Crippen molar-refractivity contribution >= 4 is 11.6 Å². The molecule has 1 fully saturated rings. The standard InChI is InChI=1S/C16H24N2O/c1-11-6-5-9-15(12(11)2)18-16(19)10-13-7-3-4-8-14(13)17/h5-6,9,13-14H,3-4,7-8,10,17H2,1-2H3,(H,18,19). The molecule has 2 atom stereocenters. The second-order valence-electron chi connectivity index (χ2n) is 5.71. The fourth-order valence-electron chi connectivity index (χ4n) is 2.82. The van der Waals surface area contributed by atoms with Crippen molar-refractivity contribution in [1.29, 1.82) is 0 Å². The van der Waals surface area contributed by atoms with Crippen molar-refractivity contribution in [3.63, 3.8) is 0 Å². The van der Waals surface area contributed by atoms with Gasteiger partial charge in [0.25, 0.3) is 0 Å². The van der Waals surface area contributed by atoms with Crippen molar-refractivity contribution in [3.05, 3.63) is 29.3 Å². The van der Waals surface area contributed by atoms with Gasteiger partial charge in [-0.05, 0) is 49.8 Å². The van der Waals surface area contributed by atoms with Crippen molar-refractivity contribution in [2.45, 2.75) is 52.0 Å². The summed E-state index contributed by atoms with van der Waals surface area (Å²) in [6, 6.07) is 6.19. The van der Waals surface area contributed by atoms with Gasteiger partial charge in [0, 0.05) is 18.2 Å². The molecular weight excluding hydrogens is 236 g/mol. The molecule has 2 unspecified atom stereocenters. The summed E-state index contributed by atoms with van der Waals surface area (Å²) in [5.41, 5.74) is 9.36. The van der Waals surface area contributed by atoms with Gasteiger partial charge in [-0.15, -0.1) is 0 Å². The van der Waals surface area contributed by atoms with E-state index in [4.69, 9.17) is 5.73 Å². The van der Waals surface area contributed by atoms with Crippen molar-refractivity contribution in [3.8, 4) is 0 Å². The Morgan fingerprint density at radius 1 is 1.32 bits per heavy atom. The molecule has 0 bridgehead atoms. The van der Waals surface area contributed by atoms with E-state index in [0.717, 1.165) is 24.1 Å². The summed E-state index contributed by atoms with van der Waals surface area (Å²) >= 11 is 0. The quantitative estimate of drug-likeness (QED) is 0.877. The third-order valence-electron chi connectivity index (χ3n) is 4.29. The molecule has 0 saturated heterocycles. The van der Waals surface area contributed by atoms with Crippen LogP contribution in [-0.2, 0) is 4.79 Å². The highest BCUT2D eigenvalue weighted by Gasteiger charge is 2.24. The molecule has 1 aromatic rings. The monoisotopic (exact) mass is 260 g/mol. The predicted molar refractivity (Wildman–Crippen MR) is 79.1 cm³/mol. The molecule has 0 aromatic heterocycles. The van der Waals surface area contributed by atoms with E-state index < -0.39 is 0 Å². The van der Waals surface area contributed by atoms with Crippen LogP contribution >= 0.6 is 0 Å². The second-order valence-corrected chi connectivity index (χ2v) is 5.71. The first kappa shape index (κ1) is 14.1. The Kier molecular flexibility index (Phi) is 4.59. The molecule has 3 nitrogen and oxygen atoms in total. The molecular formula is C16H24N2O. The smallest absolute Gasteiger partial charge is 0.224 e. The molecule has 19 heavy (non-hydrogen) atoms. The number of anilines is 1. The molecule has 0 aliphatic heterocycles. The lowest BCUT2D eigenvalue weighted by molar-refractivity contribution is -0.117. The Hall–Kier alpha value is -1.35. The molecule has 0 spiro atoms. The molecule has 1 aliphatic carbocycles. The molecule has 0 heterocycles.